The molecule has 2 atom stereocenters. The normalized spacial score (nSPS) is 16.2. The molecule has 2 unspecified atom stereocenters. The summed E-state index contributed by atoms with van der Waals surface area (Å²) >= 11 is 0. The fraction of sp³-hybridized carbons (Fsp3) is 0.422. The van der Waals surface area contributed by atoms with Crippen LogP contribution >= 0.6 is 0 Å². The predicted octanol–water partition coefficient (Wildman–Crippen LogP) is 18.6. The molecule has 125 heavy (non-hydrogen) atoms. The van der Waals surface area contributed by atoms with Gasteiger partial charge >= 0.3 is 17.9 Å². The van der Waals surface area contributed by atoms with Crippen molar-refractivity contribution in [1.82, 2.24) is 18.3 Å². The molecule has 0 saturated heterocycles. The van der Waals surface area contributed by atoms with Gasteiger partial charge in [-0.25, -0.2) is 14.4 Å². The second kappa shape index (κ2) is 45.0. The van der Waals surface area contributed by atoms with E-state index in [-0.39, 0.29) is 96.1 Å². The van der Waals surface area contributed by atoms with Crippen LogP contribution in [0.5, 0.6) is 0 Å². The molecule has 2 N–H and O–H groups in total. The molecule has 23 heteroatoms. The van der Waals surface area contributed by atoms with Gasteiger partial charge in [0.1, 0.15) is 23.9 Å². The molecule has 0 spiro atoms. The molecule has 0 aliphatic heterocycles. The molecule has 7 aliphatic rings. The summed E-state index contributed by atoms with van der Waals surface area (Å²) in [7, 11) is 4.14. The topological polar surface area (TPSA) is 305 Å². The number of hydrogen-bond donors (Lipinski definition) is 2. The van der Waals surface area contributed by atoms with Crippen molar-refractivity contribution < 1.29 is 102 Å². The van der Waals surface area contributed by atoms with Crippen LogP contribution in [0, 0.1) is 67.2 Å². The van der Waals surface area contributed by atoms with Crippen molar-refractivity contribution in [2.75, 3.05) is 27.9 Å². The molecular weight excluding hydrogens is 1630 g/mol. The van der Waals surface area contributed by atoms with E-state index >= 15 is 0 Å². The van der Waals surface area contributed by atoms with Gasteiger partial charge in [0.05, 0.1) is 44.4 Å². The first-order chi connectivity index (χ1) is 59.1. The molecule has 4 aromatic heterocycles. The van der Waals surface area contributed by atoms with Gasteiger partial charge in [-0.2, -0.15) is 0 Å². The molecule has 4 heterocycles. The number of hydrogen-bond acceptors (Lipinski definition) is 18. The van der Waals surface area contributed by atoms with E-state index in [4.69, 9.17) is 24.5 Å². The average molecular weight is 1750 g/mol. The molecule has 15 rings (SSSR count). The predicted molar refractivity (Wildman–Crippen MR) is 478 cm³/mol. The molecule has 8 aromatic rings. The van der Waals surface area contributed by atoms with Crippen molar-refractivity contribution in [1.29, 1.82) is 0 Å². The maximum absolute atomic E-state index is 12.8. The number of nitrogens with zero attached hydrogens (tertiary/aromatic N) is 5. The summed E-state index contributed by atoms with van der Waals surface area (Å²) in [6.07, 6.45) is 15.9. The number of carbonyl (C=O) groups is 12. The van der Waals surface area contributed by atoms with E-state index in [9.17, 15) is 57.5 Å². The van der Waals surface area contributed by atoms with Gasteiger partial charge in [-0.3, -0.25) is 43.2 Å². The van der Waals surface area contributed by atoms with Crippen LogP contribution in [0.15, 0.2) is 137 Å². The molecule has 0 amide bonds. The van der Waals surface area contributed by atoms with Gasteiger partial charge < -0.3 is 42.8 Å². The zero-order valence-electron chi connectivity index (χ0n) is 76.0. The number of allylic oxidation sites excluding steroid dienone is 5. The number of Topliss-reactive ketones (excluding diaryl/α,β-unsaturated/α-hetero) is 9. The molecule has 4 aromatic carbocycles. The SMILES string of the molecule is C=C1CCc2c(c(C)c(C)n2Cc2ccc(C(=O)OC)cc2)C1=O.CC(=O)/C(C)=N/O.CC1=C(C)C2=C(CCCC2=O)C1.CCC1CCc2c(c(C)c(C)n2Cc2ccc(C(=O)CO)cc2)C1=O.CCC1CCc2c(c(C)c(C)n2Cc2ccc(C(=O)OC)cc2)C1=O.COC(=O)c1ccc(Cn2c(C)c(C)c3c2CCCC3=O)cc1.O=C1CCCC(=O)C1.[Zn]. The monoisotopic (exact) mass is 1750 g/mol. The van der Waals surface area contributed by atoms with E-state index in [0.29, 0.717) is 84.1 Å². The van der Waals surface area contributed by atoms with Crippen molar-refractivity contribution in [3.05, 3.63) is 266 Å². The van der Waals surface area contributed by atoms with E-state index in [0.717, 1.165) is 215 Å². The molecule has 1 fully saturated rings. The Morgan fingerprint density at radius 3 is 1.11 bits per heavy atom. The Kier molecular flexibility index (Phi) is 35.7. The van der Waals surface area contributed by atoms with Crippen molar-refractivity contribution in [3.63, 3.8) is 0 Å². The van der Waals surface area contributed by atoms with E-state index in [1.165, 1.54) is 57.6 Å². The number of methoxy groups -OCH3 is 3. The van der Waals surface area contributed by atoms with Crippen LogP contribution in [0.25, 0.3) is 0 Å². The number of fused-ring (bicyclic) bond motifs is 4. The summed E-state index contributed by atoms with van der Waals surface area (Å²) in [5, 5.41) is 19.5. The van der Waals surface area contributed by atoms with E-state index < -0.39 is 6.61 Å². The maximum atomic E-state index is 12.8. The van der Waals surface area contributed by atoms with Gasteiger partial charge in [-0.05, 0) is 258 Å². The standard InChI is InChI=1S/2C21H25NO3.C20H21NO3.C19H21NO3.C11H14O.C6H8O2.C4H7NO2.Zn/c1-5-16-10-11-18-19(20(16)23)13(2)14(3)22(18)12-15-6-8-17(9-7-15)21(24)25-4;1-4-16-9-10-18-20(21(16)25)13(2)14(3)22(18)11-15-5-7-17(8-6-15)19(24)12-23;1-12-5-10-17-18(19(12)22)13(2)14(3)21(17)11-15-6-8-16(9-7-15)20(23)24-4;1-12-13(2)20(16-5-4-6-17(21)18(12)16)11-14-7-9-15(10-8-14)19(22)23-3;1-7-6-9-4-3-5-10(12)11(9)8(7)2;7-5-2-1-3-6(8)4-5;1-3(5-7)4(2)6;/h6-9,16H,5,10-12H2,1-4H3;5-8,16,23H,4,9-12H2,1-3H3;6-9H,1,5,10-11H2,2-4H3;7-10H,4-6,11H2,1-3H3;3-6H2,1-2H3;1-4H2;7H,1-2H3;/b;;;;;;5-3+;. The first-order valence-electron chi connectivity index (χ1n) is 43.1. The fourth-order valence-electron chi connectivity index (χ4n) is 17.5. The number of ketones is 9. The Hall–Kier alpha value is -11.3. The van der Waals surface area contributed by atoms with Crippen LogP contribution in [0.1, 0.15) is 311 Å². The number of benzene rings is 4. The molecule has 1 saturated carbocycles. The van der Waals surface area contributed by atoms with Crippen LogP contribution < -0.4 is 0 Å². The number of esters is 3. The third-order valence-corrected chi connectivity index (χ3v) is 25.6. The molecule has 22 nitrogen and oxygen atoms in total. The van der Waals surface area contributed by atoms with Gasteiger partial charge in [0.2, 0.25) is 0 Å². The van der Waals surface area contributed by atoms with Crippen molar-refractivity contribution in [2.24, 2.45) is 17.0 Å². The zero-order valence-corrected chi connectivity index (χ0v) is 79.0. The van der Waals surface area contributed by atoms with E-state index in [1.54, 1.807) is 48.5 Å². The molecule has 7 aliphatic carbocycles. The van der Waals surface area contributed by atoms with E-state index in [1.807, 2.05) is 76.2 Å². The van der Waals surface area contributed by atoms with Crippen LogP contribution in [0.4, 0.5) is 0 Å². The Balaban J connectivity index is 0.000000187. The summed E-state index contributed by atoms with van der Waals surface area (Å²) in [5.41, 5.74) is 29.7. The third kappa shape index (κ3) is 23.3. The molecule has 0 bridgehead atoms. The minimum atomic E-state index is -0.469. The number of ether oxygens (including phenoxy) is 3. The molecule has 658 valence electrons. The number of aromatic nitrogens is 4. The van der Waals surface area contributed by atoms with Crippen LogP contribution in [0.2, 0.25) is 0 Å². The minimum absolute atomic E-state index is 0. The summed E-state index contributed by atoms with van der Waals surface area (Å²) in [4.78, 5) is 139. The smallest absolute Gasteiger partial charge is 0.337 e. The second-order valence-corrected chi connectivity index (χ2v) is 33.2. The number of aliphatic hydroxyl groups is 1. The van der Waals surface area contributed by atoms with Crippen molar-refractivity contribution in [3.8, 4) is 0 Å². The largest absolute Gasteiger partial charge is 0.465 e. The van der Waals surface area contributed by atoms with Gasteiger partial charge in [0, 0.05) is 169 Å². The summed E-state index contributed by atoms with van der Waals surface area (Å²) < 4.78 is 23.2. The van der Waals surface area contributed by atoms with Gasteiger partial charge in [-0.1, -0.05) is 97.4 Å². The second-order valence-electron chi connectivity index (χ2n) is 33.2. The van der Waals surface area contributed by atoms with Crippen LogP contribution in [-0.2, 0) is 105 Å². The van der Waals surface area contributed by atoms with E-state index in [2.05, 4.69) is 85.4 Å². The fourth-order valence-corrected chi connectivity index (χ4v) is 17.5. The number of oxime groups is 1. The average Bonchev–Trinajstić information content (AvgIpc) is 1.61. The van der Waals surface area contributed by atoms with Crippen molar-refractivity contribution in [2.45, 2.75) is 245 Å². The van der Waals surface area contributed by atoms with Crippen molar-refractivity contribution >= 4 is 75.7 Å². The first-order valence-corrected chi connectivity index (χ1v) is 43.1. The Morgan fingerprint density at radius 1 is 0.432 bits per heavy atom. The first kappa shape index (κ1) is 99.1. The molecule has 0 radical (unpaired) electrons. The number of aliphatic hydroxyl groups excluding tert-OH is 1. The summed E-state index contributed by atoms with van der Waals surface area (Å²) in [6.45, 7) is 33.8. The minimum Gasteiger partial charge on any atom is -0.465 e. The third-order valence-electron chi connectivity index (χ3n) is 25.6. The quantitative estimate of drug-likeness (QED) is 0.0104. The van der Waals surface area contributed by atoms with Crippen LogP contribution in [-0.4, -0.2) is 132 Å². The maximum Gasteiger partial charge on any atom is 0.337 e. The van der Waals surface area contributed by atoms with Crippen LogP contribution in [0.3, 0.4) is 0 Å². The zero-order chi connectivity index (χ0) is 90.8. The number of rotatable bonds is 16. The summed E-state index contributed by atoms with van der Waals surface area (Å²) in [6, 6.07) is 29.7. The molecular formula is C102H121N5O17Zn. The van der Waals surface area contributed by atoms with Gasteiger partial charge in [0.25, 0.3) is 0 Å². The van der Waals surface area contributed by atoms with Gasteiger partial charge in [-0.15, -0.1) is 0 Å². The van der Waals surface area contributed by atoms with Gasteiger partial charge in [0.15, 0.2) is 40.5 Å². The number of carbonyl (C=O) groups excluding carboxylic acids is 12. The Labute approximate surface area is 747 Å². The Morgan fingerprint density at radius 2 is 0.776 bits per heavy atom. The Bertz CT molecular complexity index is 5400. The summed E-state index contributed by atoms with van der Waals surface area (Å²) in [5.74, 6) is 0.422.